The van der Waals surface area contributed by atoms with Gasteiger partial charge in [0, 0.05) is 19.6 Å². The summed E-state index contributed by atoms with van der Waals surface area (Å²) in [5.41, 5.74) is 1.26. The first kappa shape index (κ1) is 19.8. The molecule has 3 rings (SSSR count). The van der Waals surface area contributed by atoms with E-state index in [0.29, 0.717) is 39.3 Å². The molecule has 0 saturated carbocycles. The number of halogens is 1. The molecule has 0 spiro atoms. The molecule has 1 amide bonds. The third kappa shape index (κ3) is 4.87. The SMILES string of the molecule is O=C(NCCc1ccccc1)c1cc(S(=O)(=O)N2CCOCC2)ccc1Cl. The zero-order valence-corrected chi connectivity index (χ0v) is 16.3. The van der Waals surface area contributed by atoms with Gasteiger partial charge in [0.1, 0.15) is 0 Å². The first-order valence-corrected chi connectivity index (χ1v) is 10.5. The second-order valence-corrected chi connectivity index (χ2v) is 8.49. The van der Waals surface area contributed by atoms with E-state index >= 15 is 0 Å². The lowest BCUT2D eigenvalue weighted by atomic mass is 10.1. The summed E-state index contributed by atoms with van der Waals surface area (Å²) in [5.74, 6) is -0.394. The second-order valence-electron chi connectivity index (χ2n) is 6.15. The summed E-state index contributed by atoms with van der Waals surface area (Å²) < 4.78 is 32.1. The number of nitrogens with one attached hydrogen (secondary N) is 1. The average Bonchev–Trinajstić information content (AvgIpc) is 2.69. The Bertz CT molecular complexity index is 897. The van der Waals surface area contributed by atoms with Crippen molar-refractivity contribution in [1.29, 1.82) is 0 Å². The summed E-state index contributed by atoms with van der Waals surface area (Å²) in [5, 5.41) is 3.01. The van der Waals surface area contributed by atoms with Crippen molar-refractivity contribution in [2.45, 2.75) is 11.3 Å². The Morgan fingerprint density at radius 1 is 1.11 bits per heavy atom. The molecule has 2 aromatic rings. The molecule has 8 heteroatoms. The highest BCUT2D eigenvalue weighted by Crippen LogP contribution is 2.23. The topological polar surface area (TPSA) is 75.7 Å². The van der Waals surface area contributed by atoms with Crippen LogP contribution in [0.1, 0.15) is 15.9 Å². The predicted molar refractivity (Wildman–Crippen MR) is 104 cm³/mol. The number of rotatable bonds is 6. The molecule has 1 saturated heterocycles. The Kier molecular flexibility index (Phi) is 6.49. The highest BCUT2D eigenvalue weighted by atomic mass is 35.5. The minimum atomic E-state index is -3.68. The van der Waals surface area contributed by atoms with Gasteiger partial charge in [-0.2, -0.15) is 4.31 Å². The van der Waals surface area contributed by atoms with E-state index in [0.717, 1.165) is 5.56 Å². The van der Waals surface area contributed by atoms with E-state index in [-0.39, 0.29) is 15.5 Å². The number of nitrogens with zero attached hydrogens (tertiary/aromatic N) is 1. The lowest BCUT2D eigenvalue weighted by molar-refractivity contribution is 0.0730. The Labute approximate surface area is 164 Å². The lowest BCUT2D eigenvalue weighted by Gasteiger charge is -2.26. The molecule has 0 radical (unpaired) electrons. The molecule has 0 atom stereocenters. The summed E-state index contributed by atoms with van der Waals surface area (Å²) in [7, 11) is -3.68. The Hall–Kier alpha value is -1.93. The van der Waals surface area contributed by atoms with Gasteiger partial charge in [0.2, 0.25) is 10.0 Å². The fourth-order valence-corrected chi connectivity index (χ4v) is 4.47. The van der Waals surface area contributed by atoms with E-state index in [2.05, 4.69) is 5.32 Å². The van der Waals surface area contributed by atoms with Gasteiger partial charge in [0.05, 0.1) is 28.7 Å². The van der Waals surface area contributed by atoms with Crippen LogP contribution in [0.5, 0.6) is 0 Å². The minimum absolute atomic E-state index is 0.0574. The van der Waals surface area contributed by atoms with Crippen molar-refractivity contribution in [3.63, 3.8) is 0 Å². The zero-order valence-electron chi connectivity index (χ0n) is 14.7. The molecular formula is C19H21ClN2O4S. The van der Waals surface area contributed by atoms with Crippen LogP contribution in [0.4, 0.5) is 0 Å². The molecule has 27 heavy (non-hydrogen) atoms. The van der Waals surface area contributed by atoms with Gasteiger partial charge in [0.25, 0.3) is 5.91 Å². The molecule has 1 fully saturated rings. The van der Waals surface area contributed by atoms with E-state index in [1.54, 1.807) is 0 Å². The Morgan fingerprint density at radius 3 is 2.52 bits per heavy atom. The van der Waals surface area contributed by atoms with Crippen LogP contribution in [-0.2, 0) is 21.2 Å². The summed E-state index contributed by atoms with van der Waals surface area (Å²) in [6, 6.07) is 14.0. The number of ether oxygens (including phenoxy) is 1. The van der Waals surface area contributed by atoms with Gasteiger partial charge in [-0.05, 0) is 30.2 Å². The zero-order chi connectivity index (χ0) is 19.3. The summed E-state index contributed by atoms with van der Waals surface area (Å²) >= 11 is 6.13. The largest absolute Gasteiger partial charge is 0.379 e. The van der Waals surface area contributed by atoms with Gasteiger partial charge < -0.3 is 10.1 Å². The van der Waals surface area contributed by atoms with E-state index < -0.39 is 15.9 Å². The maximum atomic E-state index is 12.8. The quantitative estimate of drug-likeness (QED) is 0.796. The number of carbonyl (C=O) groups excluding carboxylic acids is 1. The lowest BCUT2D eigenvalue weighted by Crippen LogP contribution is -2.40. The average molecular weight is 409 g/mol. The van der Waals surface area contributed by atoms with Crippen LogP contribution < -0.4 is 5.32 Å². The van der Waals surface area contributed by atoms with Crippen molar-refractivity contribution in [1.82, 2.24) is 9.62 Å². The minimum Gasteiger partial charge on any atom is -0.379 e. The van der Waals surface area contributed by atoms with Crippen LogP contribution in [0.3, 0.4) is 0 Å². The van der Waals surface area contributed by atoms with Crippen molar-refractivity contribution in [2.24, 2.45) is 0 Å². The molecule has 1 N–H and O–H groups in total. The van der Waals surface area contributed by atoms with Gasteiger partial charge in [-0.1, -0.05) is 41.9 Å². The number of morpholine rings is 1. The molecule has 2 aromatic carbocycles. The molecule has 6 nitrogen and oxygen atoms in total. The van der Waals surface area contributed by atoms with Gasteiger partial charge in [-0.25, -0.2) is 8.42 Å². The van der Waals surface area contributed by atoms with Gasteiger partial charge in [-0.15, -0.1) is 0 Å². The van der Waals surface area contributed by atoms with E-state index in [9.17, 15) is 13.2 Å². The molecule has 0 unspecified atom stereocenters. The van der Waals surface area contributed by atoms with E-state index in [1.807, 2.05) is 30.3 Å². The normalized spacial score (nSPS) is 15.4. The standard InChI is InChI=1S/C19H21ClN2O4S/c20-18-7-6-16(27(24,25)22-10-12-26-13-11-22)14-17(18)19(23)21-9-8-15-4-2-1-3-5-15/h1-7,14H,8-13H2,(H,21,23). The van der Waals surface area contributed by atoms with Crippen LogP contribution in [0, 0.1) is 0 Å². The van der Waals surface area contributed by atoms with E-state index in [1.165, 1.54) is 22.5 Å². The fraction of sp³-hybridized carbons (Fsp3) is 0.316. The third-order valence-corrected chi connectivity index (χ3v) is 6.56. The first-order valence-electron chi connectivity index (χ1n) is 8.68. The fourth-order valence-electron chi connectivity index (χ4n) is 2.84. The summed E-state index contributed by atoms with van der Waals surface area (Å²) in [4.78, 5) is 12.5. The first-order chi connectivity index (χ1) is 13.0. The predicted octanol–water partition coefficient (Wildman–Crippen LogP) is 2.33. The smallest absolute Gasteiger partial charge is 0.252 e. The number of benzene rings is 2. The molecule has 1 aliphatic heterocycles. The van der Waals surface area contributed by atoms with Gasteiger partial charge >= 0.3 is 0 Å². The van der Waals surface area contributed by atoms with Crippen molar-refractivity contribution in [3.05, 3.63) is 64.7 Å². The highest BCUT2D eigenvalue weighted by Gasteiger charge is 2.27. The number of hydrogen-bond donors (Lipinski definition) is 1. The third-order valence-electron chi connectivity index (χ3n) is 4.33. The van der Waals surface area contributed by atoms with Crippen LogP contribution in [0.15, 0.2) is 53.4 Å². The van der Waals surface area contributed by atoms with Crippen molar-refractivity contribution in [3.8, 4) is 0 Å². The molecule has 0 aromatic heterocycles. The number of sulfonamides is 1. The van der Waals surface area contributed by atoms with Gasteiger partial charge in [-0.3, -0.25) is 4.79 Å². The molecule has 0 bridgehead atoms. The molecule has 1 aliphatic rings. The summed E-state index contributed by atoms with van der Waals surface area (Å²) in [6.07, 6.45) is 0.677. The van der Waals surface area contributed by atoms with Crippen molar-refractivity contribution in [2.75, 3.05) is 32.8 Å². The highest BCUT2D eigenvalue weighted by molar-refractivity contribution is 7.89. The maximum Gasteiger partial charge on any atom is 0.252 e. The Morgan fingerprint density at radius 2 is 1.81 bits per heavy atom. The number of amides is 1. The Balaban J connectivity index is 1.71. The second kappa shape index (κ2) is 8.84. The van der Waals surface area contributed by atoms with Crippen LogP contribution >= 0.6 is 11.6 Å². The van der Waals surface area contributed by atoms with Crippen molar-refractivity contribution < 1.29 is 17.9 Å². The molecule has 144 valence electrons. The van der Waals surface area contributed by atoms with Crippen LogP contribution in [0.2, 0.25) is 5.02 Å². The van der Waals surface area contributed by atoms with E-state index in [4.69, 9.17) is 16.3 Å². The van der Waals surface area contributed by atoms with Crippen LogP contribution in [-0.4, -0.2) is 51.5 Å². The summed E-state index contributed by atoms with van der Waals surface area (Å²) in [6.45, 7) is 1.74. The number of hydrogen-bond acceptors (Lipinski definition) is 4. The van der Waals surface area contributed by atoms with Crippen LogP contribution in [0.25, 0.3) is 0 Å². The monoisotopic (exact) mass is 408 g/mol. The van der Waals surface area contributed by atoms with Crippen molar-refractivity contribution >= 4 is 27.5 Å². The molecule has 1 heterocycles. The van der Waals surface area contributed by atoms with Gasteiger partial charge in [0.15, 0.2) is 0 Å². The maximum absolute atomic E-state index is 12.8. The number of carbonyl (C=O) groups is 1. The molecule has 0 aliphatic carbocycles. The molecular weight excluding hydrogens is 388 g/mol.